The maximum absolute atomic E-state index is 10.6. The first-order chi connectivity index (χ1) is 8.70. The lowest BCUT2D eigenvalue weighted by Crippen LogP contribution is -1.89. The second kappa shape index (κ2) is 4.93. The Bertz CT molecular complexity index is 635. The molecule has 2 rings (SSSR count). The summed E-state index contributed by atoms with van der Waals surface area (Å²) in [7, 11) is 0. The van der Waals surface area contributed by atoms with Crippen LogP contribution in [0, 0.1) is 16.7 Å². The summed E-state index contributed by atoms with van der Waals surface area (Å²) in [6.07, 6.45) is 4.54. The summed E-state index contributed by atoms with van der Waals surface area (Å²) in [5.74, 6) is -0.135. The fourth-order valence-corrected chi connectivity index (χ4v) is 1.40. The number of aromatic nitrogens is 2. The average Bonchev–Trinajstić information content (AvgIpc) is 2.85. The molecule has 0 atom stereocenters. The third-order valence-electron chi connectivity index (χ3n) is 2.29. The second-order valence-electron chi connectivity index (χ2n) is 3.43. The molecule has 0 spiro atoms. The number of hydrogen-bond acceptors (Lipinski definition) is 3. The van der Waals surface area contributed by atoms with Crippen LogP contribution in [0.15, 0.2) is 30.6 Å². The van der Waals surface area contributed by atoms with Gasteiger partial charge in [-0.15, -0.1) is 0 Å². The van der Waals surface area contributed by atoms with E-state index >= 15 is 0 Å². The highest BCUT2D eigenvalue weighted by molar-refractivity contribution is 5.71. The number of hydrogen-bond donors (Lipinski definition) is 1. The lowest BCUT2D eigenvalue weighted by molar-refractivity contribution is -0.389. The van der Waals surface area contributed by atoms with E-state index in [1.807, 2.05) is 0 Å². The summed E-state index contributed by atoms with van der Waals surface area (Å²) in [6, 6.07) is 6.90. The molecule has 0 amide bonds. The molecule has 1 N–H and O–H groups in total. The SMILES string of the molecule is [C-]#[N+]c1ccc(/C=C/c2nc[nH]c2[N+](=O)[O-])cc1. The van der Waals surface area contributed by atoms with Crippen molar-refractivity contribution in [3.63, 3.8) is 0 Å². The van der Waals surface area contributed by atoms with Crippen LogP contribution in [0.4, 0.5) is 11.5 Å². The Balaban J connectivity index is 2.22. The lowest BCUT2D eigenvalue weighted by atomic mass is 10.2. The summed E-state index contributed by atoms with van der Waals surface area (Å²) in [6.45, 7) is 6.82. The Labute approximate surface area is 103 Å². The standard InChI is InChI=1S/C12H8N4O2/c1-13-10-5-2-9(3-6-10)4-7-11-12(16(17)18)15-8-14-11/h2-8H,(H,14,15)/b7-4+. The summed E-state index contributed by atoms with van der Waals surface area (Å²) >= 11 is 0. The van der Waals surface area contributed by atoms with Crippen molar-refractivity contribution in [3.8, 4) is 0 Å². The van der Waals surface area contributed by atoms with E-state index < -0.39 is 4.92 Å². The Hall–Kier alpha value is -2.94. The summed E-state index contributed by atoms with van der Waals surface area (Å²) in [4.78, 5) is 19.7. The summed E-state index contributed by atoms with van der Waals surface area (Å²) in [5, 5.41) is 10.6. The van der Waals surface area contributed by atoms with Gasteiger partial charge >= 0.3 is 5.82 Å². The molecule has 1 aromatic heterocycles. The highest BCUT2D eigenvalue weighted by atomic mass is 16.6. The smallest absolute Gasteiger partial charge is 0.347 e. The molecule has 1 heterocycles. The molecule has 0 fully saturated rings. The average molecular weight is 240 g/mol. The van der Waals surface area contributed by atoms with Crippen LogP contribution < -0.4 is 0 Å². The molecule has 2 aromatic rings. The van der Waals surface area contributed by atoms with Gasteiger partial charge in [0.1, 0.15) is 0 Å². The lowest BCUT2D eigenvalue weighted by Gasteiger charge is -1.93. The van der Waals surface area contributed by atoms with Crippen LogP contribution in [0.25, 0.3) is 17.0 Å². The van der Waals surface area contributed by atoms with Crippen molar-refractivity contribution in [2.45, 2.75) is 0 Å². The third kappa shape index (κ3) is 2.41. The fraction of sp³-hybridized carbons (Fsp3) is 0. The molecule has 0 bridgehead atoms. The molecule has 88 valence electrons. The number of aromatic amines is 1. The van der Waals surface area contributed by atoms with Gasteiger partial charge in [-0.3, -0.25) is 0 Å². The van der Waals surface area contributed by atoms with Crippen LogP contribution in [-0.2, 0) is 0 Å². The van der Waals surface area contributed by atoms with Gasteiger partial charge in [0.2, 0.25) is 0 Å². The third-order valence-corrected chi connectivity index (χ3v) is 2.29. The normalized spacial score (nSPS) is 10.4. The quantitative estimate of drug-likeness (QED) is 0.509. The van der Waals surface area contributed by atoms with E-state index in [-0.39, 0.29) is 11.5 Å². The molecule has 18 heavy (non-hydrogen) atoms. The zero-order chi connectivity index (χ0) is 13.0. The van der Waals surface area contributed by atoms with Gasteiger partial charge in [0.15, 0.2) is 17.7 Å². The zero-order valence-corrected chi connectivity index (χ0v) is 9.20. The minimum atomic E-state index is -0.519. The number of nitro groups is 1. The van der Waals surface area contributed by atoms with Crippen LogP contribution in [0.1, 0.15) is 11.3 Å². The van der Waals surface area contributed by atoms with E-state index in [0.29, 0.717) is 5.69 Å². The molecular weight excluding hydrogens is 232 g/mol. The minimum Gasteiger partial charge on any atom is -0.358 e. The molecule has 6 nitrogen and oxygen atoms in total. The number of nitrogens with one attached hydrogen (secondary N) is 1. The van der Waals surface area contributed by atoms with Gasteiger partial charge in [0.25, 0.3) is 0 Å². The van der Waals surface area contributed by atoms with Crippen LogP contribution in [-0.4, -0.2) is 14.9 Å². The van der Waals surface area contributed by atoms with E-state index in [2.05, 4.69) is 14.8 Å². The van der Waals surface area contributed by atoms with Crippen molar-refractivity contribution in [2.24, 2.45) is 0 Å². The van der Waals surface area contributed by atoms with E-state index in [1.54, 1.807) is 36.4 Å². The molecule has 0 aliphatic carbocycles. The molecule has 6 heteroatoms. The molecule has 0 radical (unpaired) electrons. The highest BCUT2D eigenvalue weighted by Crippen LogP contribution is 2.17. The highest BCUT2D eigenvalue weighted by Gasteiger charge is 2.11. The molecule has 0 saturated heterocycles. The van der Waals surface area contributed by atoms with Gasteiger partial charge in [0.05, 0.1) is 6.57 Å². The van der Waals surface area contributed by atoms with Gasteiger partial charge in [-0.05, 0) is 16.6 Å². The van der Waals surface area contributed by atoms with E-state index in [4.69, 9.17) is 6.57 Å². The van der Waals surface area contributed by atoms with Gasteiger partial charge in [-0.1, -0.05) is 30.3 Å². The first kappa shape index (κ1) is 11.5. The van der Waals surface area contributed by atoms with Gasteiger partial charge in [0, 0.05) is 0 Å². The summed E-state index contributed by atoms with van der Waals surface area (Å²) < 4.78 is 0. The predicted octanol–water partition coefficient (Wildman–Crippen LogP) is 3.04. The van der Waals surface area contributed by atoms with Crippen LogP contribution in [0.5, 0.6) is 0 Å². The predicted molar refractivity (Wildman–Crippen MR) is 66.9 cm³/mol. The van der Waals surface area contributed by atoms with Crippen molar-refractivity contribution in [1.29, 1.82) is 0 Å². The molecule has 0 aliphatic rings. The molecule has 0 aliphatic heterocycles. The van der Waals surface area contributed by atoms with Gasteiger partial charge < -0.3 is 10.1 Å². The molecule has 1 aromatic carbocycles. The van der Waals surface area contributed by atoms with Crippen molar-refractivity contribution in [2.75, 3.05) is 0 Å². The van der Waals surface area contributed by atoms with E-state index in [0.717, 1.165) is 5.56 Å². The van der Waals surface area contributed by atoms with Crippen molar-refractivity contribution in [3.05, 3.63) is 63.4 Å². The molecule has 0 unspecified atom stereocenters. The zero-order valence-electron chi connectivity index (χ0n) is 9.20. The van der Waals surface area contributed by atoms with E-state index in [1.165, 1.54) is 6.33 Å². The Morgan fingerprint density at radius 3 is 2.67 bits per heavy atom. The van der Waals surface area contributed by atoms with E-state index in [9.17, 15) is 10.1 Å². The number of nitrogens with zero attached hydrogens (tertiary/aromatic N) is 3. The Morgan fingerprint density at radius 1 is 1.33 bits per heavy atom. The van der Waals surface area contributed by atoms with Crippen LogP contribution in [0.2, 0.25) is 0 Å². The van der Waals surface area contributed by atoms with Gasteiger partial charge in [-0.2, -0.15) is 0 Å². The first-order valence-electron chi connectivity index (χ1n) is 5.04. The fourth-order valence-electron chi connectivity index (χ4n) is 1.40. The first-order valence-corrected chi connectivity index (χ1v) is 5.04. The number of benzene rings is 1. The minimum absolute atomic E-state index is 0.135. The monoisotopic (exact) mass is 240 g/mol. The van der Waals surface area contributed by atoms with Gasteiger partial charge in [-0.25, -0.2) is 14.8 Å². The largest absolute Gasteiger partial charge is 0.358 e. The van der Waals surface area contributed by atoms with Crippen molar-refractivity contribution >= 4 is 23.7 Å². The van der Waals surface area contributed by atoms with Crippen molar-refractivity contribution < 1.29 is 4.92 Å². The maximum atomic E-state index is 10.6. The van der Waals surface area contributed by atoms with Crippen LogP contribution >= 0.6 is 0 Å². The molecular formula is C12H8N4O2. The topological polar surface area (TPSA) is 76.2 Å². The van der Waals surface area contributed by atoms with Crippen LogP contribution in [0.3, 0.4) is 0 Å². The maximum Gasteiger partial charge on any atom is 0.347 e. The molecule has 0 saturated carbocycles. The summed E-state index contributed by atoms with van der Waals surface area (Å²) in [5.41, 5.74) is 1.67. The Kier molecular flexibility index (Phi) is 3.16. The van der Waals surface area contributed by atoms with Crippen molar-refractivity contribution in [1.82, 2.24) is 9.97 Å². The number of imidazole rings is 1. The number of H-pyrrole nitrogens is 1. The number of rotatable bonds is 3. The second-order valence-corrected chi connectivity index (χ2v) is 3.43. The Morgan fingerprint density at radius 2 is 2.06 bits per heavy atom.